The topological polar surface area (TPSA) is 116 Å². The highest BCUT2D eigenvalue weighted by Crippen LogP contribution is 2.11. The Kier molecular flexibility index (Phi) is 5.11. The molecule has 19 heavy (non-hydrogen) atoms. The van der Waals surface area contributed by atoms with Crippen LogP contribution in [0.4, 0.5) is 4.79 Å². The third-order valence-electron chi connectivity index (χ3n) is 2.68. The fourth-order valence-electron chi connectivity index (χ4n) is 1.96. The number of nitrogens with one attached hydrogen (secondary N) is 1. The lowest BCUT2D eigenvalue weighted by Gasteiger charge is -2.35. The molecular formula is C11H18N2O6. The first-order valence-corrected chi connectivity index (χ1v) is 5.95. The Morgan fingerprint density at radius 2 is 1.79 bits per heavy atom. The number of hydrogen-bond donors (Lipinski definition) is 3. The van der Waals surface area contributed by atoms with Gasteiger partial charge in [-0.3, -0.25) is 4.79 Å². The minimum atomic E-state index is -1.43. The van der Waals surface area contributed by atoms with Crippen LogP contribution in [-0.4, -0.2) is 64.4 Å². The third-order valence-corrected chi connectivity index (χ3v) is 2.68. The van der Waals surface area contributed by atoms with Crippen molar-refractivity contribution in [3.05, 3.63) is 0 Å². The van der Waals surface area contributed by atoms with Crippen molar-refractivity contribution in [1.29, 1.82) is 0 Å². The highest BCUT2D eigenvalue weighted by molar-refractivity contribution is 5.86. The lowest BCUT2D eigenvalue weighted by Crippen LogP contribution is -2.55. The first-order chi connectivity index (χ1) is 8.79. The Balaban J connectivity index is 2.61. The quantitative estimate of drug-likeness (QED) is 0.650. The van der Waals surface area contributed by atoms with Gasteiger partial charge in [0.2, 0.25) is 0 Å². The molecule has 8 nitrogen and oxygen atoms in total. The summed E-state index contributed by atoms with van der Waals surface area (Å²) in [4.78, 5) is 34.7. The van der Waals surface area contributed by atoms with Gasteiger partial charge < -0.3 is 25.2 Å². The molecule has 0 aliphatic carbocycles. The van der Waals surface area contributed by atoms with Crippen LogP contribution in [0.3, 0.4) is 0 Å². The van der Waals surface area contributed by atoms with Crippen molar-refractivity contribution in [1.82, 2.24) is 10.2 Å². The van der Waals surface area contributed by atoms with E-state index in [0.29, 0.717) is 13.1 Å². The van der Waals surface area contributed by atoms with Crippen LogP contribution in [0, 0.1) is 0 Å². The summed E-state index contributed by atoms with van der Waals surface area (Å²) in [5.41, 5.74) is 0. The molecule has 2 unspecified atom stereocenters. The van der Waals surface area contributed by atoms with Crippen LogP contribution in [0.2, 0.25) is 0 Å². The highest BCUT2D eigenvalue weighted by atomic mass is 16.5. The van der Waals surface area contributed by atoms with Crippen LogP contribution in [0.5, 0.6) is 0 Å². The van der Waals surface area contributed by atoms with Gasteiger partial charge in [-0.25, -0.2) is 9.59 Å². The number of hydrogen-bond acceptors (Lipinski definition) is 4. The van der Waals surface area contributed by atoms with Gasteiger partial charge in [-0.1, -0.05) is 0 Å². The summed E-state index contributed by atoms with van der Waals surface area (Å²) >= 11 is 0. The summed E-state index contributed by atoms with van der Waals surface area (Å²) in [5.74, 6) is -2.65. The molecule has 0 aromatic heterocycles. The number of ether oxygens (including phenoxy) is 1. The number of carbonyl (C=O) groups is 3. The Hall–Kier alpha value is -1.83. The second-order valence-corrected chi connectivity index (χ2v) is 4.60. The van der Waals surface area contributed by atoms with E-state index >= 15 is 0 Å². The van der Waals surface area contributed by atoms with Crippen molar-refractivity contribution in [3.63, 3.8) is 0 Å². The summed E-state index contributed by atoms with van der Waals surface area (Å²) in [5, 5.41) is 19.7. The van der Waals surface area contributed by atoms with Gasteiger partial charge in [0.05, 0.1) is 18.6 Å². The Labute approximate surface area is 110 Å². The van der Waals surface area contributed by atoms with E-state index in [1.54, 1.807) is 0 Å². The summed E-state index contributed by atoms with van der Waals surface area (Å²) in [6.07, 6.45) is -0.939. The predicted molar refractivity (Wildman–Crippen MR) is 63.8 cm³/mol. The van der Waals surface area contributed by atoms with E-state index in [0.717, 1.165) is 0 Å². The molecular weight excluding hydrogens is 256 g/mol. The summed E-state index contributed by atoms with van der Waals surface area (Å²) in [6.45, 7) is 4.30. The minimum absolute atomic E-state index is 0.141. The van der Waals surface area contributed by atoms with Crippen LogP contribution in [-0.2, 0) is 14.3 Å². The number of nitrogens with zero attached hydrogens (tertiary/aromatic N) is 1. The molecule has 0 spiro atoms. The molecule has 108 valence electrons. The van der Waals surface area contributed by atoms with Crippen LogP contribution in [0.1, 0.15) is 20.3 Å². The van der Waals surface area contributed by atoms with Gasteiger partial charge in [-0.05, 0) is 13.8 Å². The van der Waals surface area contributed by atoms with Crippen molar-refractivity contribution in [2.24, 2.45) is 0 Å². The molecule has 2 amide bonds. The molecule has 3 atom stereocenters. The van der Waals surface area contributed by atoms with E-state index in [9.17, 15) is 14.4 Å². The average molecular weight is 274 g/mol. The smallest absolute Gasteiger partial charge is 0.326 e. The molecule has 8 heteroatoms. The van der Waals surface area contributed by atoms with E-state index in [2.05, 4.69) is 5.32 Å². The molecule has 1 saturated heterocycles. The van der Waals surface area contributed by atoms with Crippen molar-refractivity contribution in [3.8, 4) is 0 Å². The molecule has 1 aliphatic heterocycles. The van der Waals surface area contributed by atoms with E-state index in [1.165, 1.54) is 4.90 Å². The lowest BCUT2D eigenvalue weighted by molar-refractivity contribution is -0.145. The van der Waals surface area contributed by atoms with Crippen molar-refractivity contribution in [2.45, 2.75) is 38.5 Å². The molecule has 0 aromatic rings. The van der Waals surface area contributed by atoms with E-state index in [1.807, 2.05) is 13.8 Å². The SMILES string of the molecule is CC1CN(C(=O)N[C@@H](CC(=O)O)C(=O)O)CC(C)O1. The average Bonchev–Trinajstić information content (AvgIpc) is 2.25. The van der Waals surface area contributed by atoms with Crippen LogP contribution in [0.15, 0.2) is 0 Å². The maximum absolute atomic E-state index is 11.9. The highest BCUT2D eigenvalue weighted by Gasteiger charge is 2.29. The number of morpholine rings is 1. The first-order valence-electron chi connectivity index (χ1n) is 5.95. The number of amides is 2. The second kappa shape index (κ2) is 6.37. The van der Waals surface area contributed by atoms with Gasteiger partial charge >= 0.3 is 18.0 Å². The number of carboxylic acids is 2. The minimum Gasteiger partial charge on any atom is -0.481 e. The summed E-state index contributed by atoms with van der Waals surface area (Å²) in [7, 11) is 0. The van der Waals surface area contributed by atoms with E-state index in [-0.39, 0.29) is 12.2 Å². The number of aliphatic carboxylic acids is 2. The normalized spacial score (nSPS) is 24.6. The lowest BCUT2D eigenvalue weighted by atomic mass is 10.2. The van der Waals surface area contributed by atoms with Gasteiger partial charge in [-0.15, -0.1) is 0 Å². The van der Waals surface area contributed by atoms with Crippen molar-refractivity contribution in [2.75, 3.05) is 13.1 Å². The Bertz CT molecular complexity index is 362. The van der Waals surface area contributed by atoms with Crippen LogP contribution >= 0.6 is 0 Å². The summed E-state index contributed by atoms with van der Waals surface area (Å²) in [6, 6.07) is -2.02. The van der Waals surface area contributed by atoms with Gasteiger partial charge in [0.1, 0.15) is 6.04 Å². The zero-order valence-electron chi connectivity index (χ0n) is 10.8. The van der Waals surface area contributed by atoms with Crippen molar-refractivity contribution < 1.29 is 29.3 Å². The Morgan fingerprint density at radius 3 is 2.21 bits per heavy atom. The van der Waals surface area contributed by atoms with Crippen LogP contribution in [0.25, 0.3) is 0 Å². The maximum Gasteiger partial charge on any atom is 0.326 e. The molecule has 0 saturated carbocycles. The molecule has 0 bridgehead atoms. The fourth-order valence-corrected chi connectivity index (χ4v) is 1.96. The first kappa shape index (κ1) is 15.2. The van der Waals surface area contributed by atoms with Gasteiger partial charge in [0, 0.05) is 13.1 Å². The van der Waals surface area contributed by atoms with Crippen molar-refractivity contribution >= 4 is 18.0 Å². The number of urea groups is 1. The van der Waals surface area contributed by atoms with E-state index in [4.69, 9.17) is 14.9 Å². The molecule has 0 radical (unpaired) electrons. The molecule has 1 heterocycles. The molecule has 1 fully saturated rings. The number of carboxylic acid groups (broad SMARTS) is 2. The maximum atomic E-state index is 11.9. The number of carbonyl (C=O) groups excluding carboxylic acids is 1. The summed E-state index contributed by atoms with van der Waals surface area (Å²) < 4.78 is 5.45. The molecule has 1 rings (SSSR count). The van der Waals surface area contributed by atoms with Gasteiger partial charge in [0.15, 0.2) is 0 Å². The molecule has 3 N–H and O–H groups in total. The Morgan fingerprint density at radius 1 is 1.26 bits per heavy atom. The fraction of sp³-hybridized carbons (Fsp3) is 0.727. The predicted octanol–water partition coefficient (Wildman–Crippen LogP) is -0.267. The number of rotatable bonds is 4. The zero-order valence-corrected chi connectivity index (χ0v) is 10.8. The molecule has 0 aromatic carbocycles. The van der Waals surface area contributed by atoms with Gasteiger partial charge in [-0.2, -0.15) is 0 Å². The monoisotopic (exact) mass is 274 g/mol. The second-order valence-electron chi connectivity index (χ2n) is 4.60. The third kappa shape index (κ3) is 4.74. The largest absolute Gasteiger partial charge is 0.481 e. The molecule has 1 aliphatic rings. The standard InChI is InChI=1S/C11H18N2O6/c1-6-4-13(5-7(2)19-6)11(18)12-8(10(16)17)3-9(14)15/h6-8H,3-5H2,1-2H3,(H,12,18)(H,14,15)(H,16,17)/t6?,7?,8-/m0/s1. The zero-order chi connectivity index (χ0) is 14.6. The van der Waals surface area contributed by atoms with Crippen LogP contribution < -0.4 is 5.32 Å². The van der Waals surface area contributed by atoms with Gasteiger partial charge in [0.25, 0.3) is 0 Å². The van der Waals surface area contributed by atoms with E-state index < -0.39 is 30.4 Å².